The molecular formula is C14H18N2OS. The van der Waals surface area contributed by atoms with Crippen molar-refractivity contribution in [2.45, 2.75) is 25.0 Å². The van der Waals surface area contributed by atoms with Gasteiger partial charge in [-0.15, -0.1) is 0 Å². The van der Waals surface area contributed by atoms with Crippen LogP contribution < -0.4 is 4.74 Å². The predicted octanol–water partition coefficient (Wildman–Crippen LogP) is 3.86. The first kappa shape index (κ1) is 13.0. The molecule has 0 saturated heterocycles. The zero-order chi connectivity index (χ0) is 13.1. The summed E-state index contributed by atoms with van der Waals surface area (Å²) in [7, 11) is 1.68. The standard InChI is InChI=1S/C14H18N2OS/c1-10(2)16-13(9-15-14(16)18-4)11-5-7-12(17-3)8-6-11/h5-10H,1-4H3. The highest BCUT2D eigenvalue weighted by Crippen LogP contribution is 2.29. The highest BCUT2D eigenvalue weighted by molar-refractivity contribution is 7.98. The molecule has 0 atom stereocenters. The molecular weight excluding hydrogens is 244 g/mol. The van der Waals surface area contributed by atoms with Crippen LogP contribution in [0.4, 0.5) is 0 Å². The van der Waals surface area contributed by atoms with Gasteiger partial charge in [0.15, 0.2) is 5.16 Å². The average Bonchev–Trinajstić information content (AvgIpc) is 2.82. The van der Waals surface area contributed by atoms with Gasteiger partial charge < -0.3 is 9.30 Å². The summed E-state index contributed by atoms with van der Waals surface area (Å²) in [6.45, 7) is 4.35. The second-order valence-electron chi connectivity index (χ2n) is 4.32. The second kappa shape index (κ2) is 5.48. The summed E-state index contributed by atoms with van der Waals surface area (Å²) >= 11 is 1.67. The molecule has 0 aliphatic rings. The number of hydrogen-bond donors (Lipinski definition) is 0. The lowest BCUT2D eigenvalue weighted by Crippen LogP contribution is -2.04. The highest BCUT2D eigenvalue weighted by atomic mass is 32.2. The van der Waals surface area contributed by atoms with Gasteiger partial charge in [-0.3, -0.25) is 0 Å². The summed E-state index contributed by atoms with van der Waals surface area (Å²) in [5.41, 5.74) is 2.31. The molecule has 3 nitrogen and oxygen atoms in total. The van der Waals surface area contributed by atoms with E-state index in [2.05, 4.69) is 41.8 Å². The van der Waals surface area contributed by atoms with Crippen LogP contribution in [-0.4, -0.2) is 22.9 Å². The molecule has 2 rings (SSSR count). The monoisotopic (exact) mass is 262 g/mol. The molecule has 18 heavy (non-hydrogen) atoms. The number of rotatable bonds is 4. The van der Waals surface area contributed by atoms with E-state index >= 15 is 0 Å². The summed E-state index contributed by atoms with van der Waals surface area (Å²) in [6.07, 6.45) is 3.99. The predicted molar refractivity (Wildman–Crippen MR) is 76.4 cm³/mol. The lowest BCUT2D eigenvalue weighted by molar-refractivity contribution is 0.415. The number of thioether (sulfide) groups is 1. The van der Waals surface area contributed by atoms with E-state index in [1.165, 1.54) is 0 Å². The molecule has 0 fully saturated rings. The summed E-state index contributed by atoms with van der Waals surface area (Å²) in [5.74, 6) is 0.874. The average molecular weight is 262 g/mol. The number of methoxy groups -OCH3 is 1. The molecule has 0 spiro atoms. The van der Waals surface area contributed by atoms with Crippen molar-refractivity contribution in [2.24, 2.45) is 0 Å². The molecule has 2 aromatic rings. The van der Waals surface area contributed by atoms with Crippen molar-refractivity contribution < 1.29 is 4.74 Å². The van der Waals surface area contributed by atoms with Crippen molar-refractivity contribution >= 4 is 11.8 Å². The van der Waals surface area contributed by atoms with Crippen LogP contribution in [0, 0.1) is 0 Å². The number of nitrogens with zero attached hydrogens (tertiary/aromatic N) is 2. The van der Waals surface area contributed by atoms with E-state index in [9.17, 15) is 0 Å². The lowest BCUT2D eigenvalue weighted by atomic mass is 10.1. The van der Waals surface area contributed by atoms with E-state index < -0.39 is 0 Å². The van der Waals surface area contributed by atoms with E-state index in [4.69, 9.17) is 4.74 Å². The maximum atomic E-state index is 5.18. The molecule has 96 valence electrons. The third-order valence-corrected chi connectivity index (χ3v) is 3.51. The Balaban J connectivity index is 2.46. The summed E-state index contributed by atoms with van der Waals surface area (Å²) in [5, 5.41) is 1.05. The van der Waals surface area contributed by atoms with E-state index in [0.717, 1.165) is 22.2 Å². The molecule has 0 N–H and O–H groups in total. The third kappa shape index (κ3) is 2.38. The molecule has 1 aromatic heterocycles. The first-order valence-corrected chi connectivity index (χ1v) is 7.15. The van der Waals surface area contributed by atoms with E-state index in [-0.39, 0.29) is 0 Å². The summed E-state index contributed by atoms with van der Waals surface area (Å²) in [6, 6.07) is 8.49. The molecule has 0 bridgehead atoms. The number of imidazole rings is 1. The quantitative estimate of drug-likeness (QED) is 0.783. The van der Waals surface area contributed by atoms with Gasteiger partial charge in [0.1, 0.15) is 5.75 Å². The maximum absolute atomic E-state index is 5.18. The molecule has 0 unspecified atom stereocenters. The molecule has 1 aromatic carbocycles. The van der Waals surface area contributed by atoms with Gasteiger partial charge >= 0.3 is 0 Å². The Morgan fingerprint density at radius 3 is 2.39 bits per heavy atom. The van der Waals surface area contributed by atoms with Crippen molar-refractivity contribution in [2.75, 3.05) is 13.4 Å². The van der Waals surface area contributed by atoms with Crippen molar-refractivity contribution in [3.63, 3.8) is 0 Å². The summed E-state index contributed by atoms with van der Waals surface area (Å²) in [4.78, 5) is 4.47. The minimum absolute atomic E-state index is 0.395. The van der Waals surface area contributed by atoms with E-state index in [0.29, 0.717) is 6.04 Å². The van der Waals surface area contributed by atoms with Gasteiger partial charge in [0.25, 0.3) is 0 Å². The topological polar surface area (TPSA) is 27.1 Å². The van der Waals surface area contributed by atoms with Crippen molar-refractivity contribution in [1.82, 2.24) is 9.55 Å². The number of benzene rings is 1. The Labute approximate surface area is 112 Å². The number of aromatic nitrogens is 2. The summed E-state index contributed by atoms with van der Waals surface area (Å²) < 4.78 is 7.44. The Kier molecular flexibility index (Phi) is 3.97. The highest BCUT2D eigenvalue weighted by Gasteiger charge is 2.13. The van der Waals surface area contributed by atoms with Crippen LogP contribution in [0.1, 0.15) is 19.9 Å². The minimum Gasteiger partial charge on any atom is -0.497 e. The van der Waals surface area contributed by atoms with Crippen molar-refractivity contribution in [1.29, 1.82) is 0 Å². The number of hydrogen-bond acceptors (Lipinski definition) is 3. The van der Waals surface area contributed by atoms with Gasteiger partial charge in [-0.05, 0) is 44.4 Å². The molecule has 0 amide bonds. The van der Waals surface area contributed by atoms with Gasteiger partial charge in [-0.2, -0.15) is 0 Å². The SMILES string of the molecule is COc1ccc(-c2cnc(SC)n2C(C)C)cc1. The molecule has 1 heterocycles. The fourth-order valence-corrected chi connectivity index (χ4v) is 2.63. The molecule has 0 radical (unpaired) electrons. The third-order valence-electron chi connectivity index (χ3n) is 2.85. The van der Waals surface area contributed by atoms with Crippen LogP contribution >= 0.6 is 11.8 Å². The second-order valence-corrected chi connectivity index (χ2v) is 5.10. The molecule has 0 saturated carbocycles. The van der Waals surface area contributed by atoms with Crippen LogP contribution in [0.25, 0.3) is 11.3 Å². The molecule has 0 aliphatic heterocycles. The van der Waals surface area contributed by atoms with Crippen LogP contribution in [0.5, 0.6) is 5.75 Å². The largest absolute Gasteiger partial charge is 0.497 e. The van der Waals surface area contributed by atoms with Gasteiger partial charge in [0, 0.05) is 11.6 Å². The van der Waals surface area contributed by atoms with Gasteiger partial charge in [0.2, 0.25) is 0 Å². The van der Waals surface area contributed by atoms with Crippen molar-refractivity contribution in [3.8, 4) is 17.0 Å². The number of ether oxygens (including phenoxy) is 1. The van der Waals surface area contributed by atoms with Crippen molar-refractivity contribution in [3.05, 3.63) is 30.5 Å². The molecule has 4 heteroatoms. The Morgan fingerprint density at radius 1 is 1.22 bits per heavy atom. The first-order valence-electron chi connectivity index (χ1n) is 5.93. The smallest absolute Gasteiger partial charge is 0.168 e. The minimum atomic E-state index is 0.395. The normalized spacial score (nSPS) is 10.9. The van der Waals surface area contributed by atoms with E-state index in [1.54, 1.807) is 18.9 Å². The Morgan fingerprint density at radius 2 is 1.89 bits per heavy atom. The van der Waals surface area contributed by atoms with Crippen LogP contribution in [-0.2, 0) is 0 Å². The van der Waals surface area contributed by atoms with Gasteiger partial charge in [-0.25, -0.2) is 4.98 Å². The first-order chi connectivity index (χ1) is 8.67. The zero-order valence-corrected chi connectivity index (χ0v) is 12.0. The fourth-order valence-electron chi connectivity index (χ4n) is 1.97. The van der Waals surface area contributed by atoms with Gasteiger partial charge in [-0.1, -0.05) is 11.8 Å². The van der Waals surface area contributed by atoms with Gasteiger partial charge in [0.05, 0.1) is 19.0 Å². The van der Waals surface area contributed by atoms with Crippen LogP contribution in [0.15, 0.2) is 35.6 Å². The zero-order valence-electron chi connectivity index (χ0n) is 11.2. The fraction of sp³-hybridized carbons (Fsp3) is 0.357. The Hall–Kier alpha value is -1.42. The maximum Gasteiger partial charge on any atom is 0.168 e. The van der Waals surface area contributed by atoms with E-state index in [1.807, 2.05) is 18.3 Å². The Bertz CT molecular complexity index is 517. The van der Waals surface area contributed by atoms with Crippen LogP contribution in [0.2, 0.25) is 0 Å². The van der Waals surface area contributed by atoms with Crippen LogP contribution in [0.3, 0.4) is 0 Å². The lowest BCUT2D eigenvalue weighted by Gasteiger charge is -2.14. The molecule has 0 aliphatic carbocycles.